The molecular formula is C17H14Cl2N2O4S. The van der Waals surface area contributed by atoms with Gasteiger partial charge in [0.05, 0.1) is 36.1 Å². The quantitative estimate of drug-likeness (QED) is 0.569. The van der Waals surface area contributed by atoms with Crippen LogP contribution in [0.1, 0.15) is 20.7 Å². The van der Waals surface area contributed by atoms with E-state index in [2.05, 4.69) is 20.1 Å². The van der Waals surface area contributed by atoms with Crippen molar-refractivity contribution < 1.29 is 19.1 Å². The number of anilines is 2. The second-order valence-electron chi connectivity index (χ2n) is 4.99. The molecule has 0 heterocycles. The highest BCUT2D eigenvalue weighted by molar-refractivity contribution is 7.80. The summed E-state index contributed by atoms with van der Waals surface area (Å²) in [6, 6.07) is 9.26. The largest absolute Gasteiger partial charge is 0.465 e. The number of hydrogen-bond acceptors (Lipinski definition) is 5. The molecule has 0 aliphatic carbocycles. The van der Waals surface area contributed by atoms with Crippen molar-refractivity contribution in [1.82, 2.24) is 0 Å². The number of carbonyl (C=O) groups is 2. The highest BCUT2D eigenvalue weighted by Crippen LogP contribution is 2.25. The highest BCUT2D eigenvalue weighted by Gasteiger charge is 2.14. The van der Waals surface area contributed by atoms with Crippen LogP contribution in [0.5, 0.6) is 0 Å². The van der Waals surface area contributed by atoms with Crippen molar-refractivity contribution >= 4 is 63.8 Å². The first-order chi connectivity index (χ1) is 12.3. The van der Waals surface area contributed by atoms with E-state index in [-0.39, 0.29) is 16.2 Å². The Labute approximate surface area is 165 Å². The van der Waals surface area contributed by atoms with E-state index >= 15 is 0 Å². The fraction of sp³-hybridized carbons (Fsp3) is 0.118. The zero-order chi connectivity index (χ0) is 19.3. The van der Waals surface area contributed by atoms with Gasteiger partial charge in [-0.25, -0.2) is 9.59 Å². The minimum absolute atomic E-state index is 0.172. The standard InChI is InChI=1S/C17H14Cl2N2O4S/c1-24-15(22)9-5-10(16(23)25-2)7-12(6-9)20-17(26)21-14-4-3-11(18)8-13(14)19/h3-8H,1-2H3,(H2,20,21,26). The zero-order valence-electron chi connectivity index (χ0n) is 13.8. The van der Waals surface area contributed by atoms with Gasteiger partial charge in [0.1, 0.15) is 0 Å². The van der Waals surface area contributed by atoms with Crippen LogP contribution in [0.2, 0.25) is 10.0 Å². The monoisotopic (exact) mass is 412 g/mol. The molecule has 0 spiro atoms. The first-order valence-electron chi connectivity index (χ1n) is 7.19. The smallest absolute Gasteiger partial charge is 0.337 e. The van der Waals surface area contributed by atoms with E-state index in [1.165, 1.54) is 32.4 Å². The molecule has 0 unspecified atom stereocenters. The number of esters is 2. The number of halogens is 2. The molecule has 0 atom stereocenters. The normalized spacial score (nSPS) is 10.0. The van der Waals surface area contributed by atoms with Gasteiger partial charge in [-0.05, 0) is 48.6 Å². The lowest BCUT2D eigenvalue weighted by Gasteiger charge is -2.13. The Kier molecular flexibility index (Phi) is 6.79. The Morgan fingerprint density at radius 1 is 0.923 bits per heavy atom. The lowest BCUT2D eigenvalue weighted by Crippen LogP contribution is -2.20. The fourth-order valence-electron chi connectivity index (χ4n) is 2.05. The molecule has 26 heavy (non-hydrogen) atoms. The van der Waals surface area contributed by atoms with Gasteiger partial charge in [-0.1, -0.05) is 23.2 Å². The van der Waals surface area contributed by atoms with Crippen LogP contribution in [0.4, 0.5) is 11.4 Å². The number of hydrogen-bond donors (Lipinski definition) is 2. The van der Waals surface area contributed by atoms with Crippen molar-refractivity contribution in [3.8, 4) is 0 Å². The molecule has 0 saturated heterocycles. The van der Waals surface area contributed by atoms with Crippen LogP contribution in [0.25, 0.3) is 0 Å². The molecule has 0 fully saturated rings. The average Bonchev–Trinajstić information content (AvgIpc) is 2.62. The van der Waals surface area contributed by atoms with Crippen LogP contribution in [0, 0.1) is 0 Å². The summed E-state index contributed by atoms with van der Waals surface area (Å²) in [5.41, 5.74) is 1.29. The van der Waals surface area contributed by atoms with Crippen LogP contribution in [-0.4, -0.2) is 31.3 Å². The molecule has 2 N–H and O–H groups in total. The molecule has 0 amide bonds. The topological polar surface area (TPSA) is 76.7 Å². The summed E-state index contributed by atoms with van der Waals surface area (Å²) in [5.74, 6) is -1.20. The Morgan fingerprint density at radius 2 is 1.50 bits per heavy atom. The summed E-state index contributed by atoms with van der Waals surface area (Å²) >= 11 is 17.2. The van der Waals surface area contributed by atoms with Crippen LogP contribution in [-0.2, 0) is 9.47 Å². The zero-order valence-corrected chi connectivity index (χ0v) is 16.1. The predicted molar refractivity (Wildman–Crippen MR) is 105 cm³/mol. The lowest BCUT2D eigenvalue weighted by molar-refractivity contribution is 0.0599. The Balaban J connectivity index is 2.25. The maximum atomic E-state index is 11.8. The summed E-state index contributed by atoms with van der Waals surface area (Å²) in [4.78, 5) is 23.6. The van der Waals surface area contributed by atoms with Crippen LogP contribution in [0.3, 0.4) is 0 Å². The first-order valence-corrected chi connectivity index (χ1v) is 8.35. The molecule has 0 saturated carbocycles. The van der Waals surface area contributed by atoms with Crippen LogP contribution >= 0.6 is 35.4 Å². The fourth-order valence-corrected chi connectivity index (χ4v) is 2.73. The molecule has 0 aliphatic heterocycles. The van der Waals surface area contributed by atoms with E-state index in [1.807, 2.05) is 0 Å². The molecule has 136 valence electrons. The van der Waals surface area contributed by atoms with E-state index in [1.54, 1.807) is 18.2 Å². The van der Waals surface area contributed by atoms with Gasteiger partial charge in [-0.15, -0.1) is 0 Å². The van der Waals surface area contributed by atoms with Gasteiger partial charge in [0.25, 0.3) is 0 Å². The van der Waals surface area contributed by atoms with Crippen LogP contribution < -0.4 is 10.6 Å². The van der Waals surface area contributed by atoms with Crippen LogP contribution in [0.15, 0.2) is 36.4 Å². The average molecular weight is 413 g/mol. The molecular weight excluding hydrogens is 399 g/mol. The highest BCUT2D eigenvalue weighted by atomic mass is 35.5. The van der Waals surface area contributed by atoms with Gasteiger partial charge in [0, 0.05) is 10.7 Å². The summed E-state index contributed by atoms with van der Waals surface area (Å²) < 4.78 is 9.38. The number of methoxy groups -OCH3 is 2. The summed E-state index contributed by atoms with van der Waals surface area (Å²) in [7, 11) is 2.49. The first kappa shape index (κ1) is 20.0. The molecule has 2 aromatic carbocycles. The molecule has 2 rings (SSSR count). The number of benzene rings is 2. The third kappa shape index (κ3) is 5.08. The lowest BCUT2D eigenvalue weighted by atomic mass is 10.1. The maximum absolute atomic E-state index is 11.8. The van der Waals surface area contributed by atoms with Crippen molar-refractivity contribution in [2.45, 2.75) is 0 Å². The summed E-state index contributed by atoms with van der Waals surface area (Å²) in [6.45, 7) is 0. The third-order valence-electron chi connectivity index (χ3n) is 3.21. The van der Waals surface area contributed by atoms with Gasteiger partial charge in [0.15, 0.2) is 5.11 Å². The summed E-state index contributed by atoms with van der Waals surface area (Å²) in [6.07, 6.45) is 0. The number of carbonyl (C=O) groups excluding carboxylic acids is 2. The van der Waals surface area contributed by atoms with Crippen molar-refractivity contribution in [1.29, 1.82) is 0 Å². The Hall–Kier alpha value is -2.35. The SMILES string of the molecule is COC(=O)c1cc(NC(=S)Nc2ccc(Cl)cc2Cl)cc(C(=O)OC)c1. The Bertz CT molecular complexity index is 840. The van der Waals surface area contributed by atoms with Crippen molar-refractivity contribution in [3.05, 3.63) is 57.6 Å². The summed E-state index contributed by atoms with van der Waals surface area (Å²) in [5, 5.41) is 6.88. The van der Waals surface area contributed by atoms with Gasteiger partial charge < -0.3 is 20.1 Å². The van der Waals surface area contributed by atoms with Gasteiger partial charge >= 0.3 is 11.9 Å². The van der Waals surface area contributed by atoms with Crippen molar-refractivity contribution in [2.24, 2.45) is 0 Å². The van der Waals surface area contributed by atoms with E-state index in [9.17, 15) is 9.59 Å². The van der Waals surface area contributed by atoms with E-state index in [0.717, 1.165) is 0 Å². The van der Waals surface area contributed by atoms with Gasteiger partial charge in [-0.2, -0.15) is 0 Å². The van der Waals surface area contributed by atoms with Gasteiger partial charge in [0.2, 0.25) is 0 Å². The third-order valence-corrected chi connectivity index (χ3v) is 3.96. The molecule has 6 nitrogen and oxygen atoms in total. The molecule has 0 aromatic heterocycles. The minimum Gasteiger partial charge on any atom is -0.465 e. The Morgan fingerprint density at radius 3 is 2.00 bits per heavy atom. The van der Waals surface area contributed by atoms with E-state index < -0.39 is 11.9 Å². The number of nitrogens with one attached hydrogen (secondary N) is 2. The van der Waals surface area contributed by atoms with Crippen molar-refractivity contribution in [3.63, 3.8) is 0 Å². The molecule has 0 radical (unpaired) electrons. The maximum Gasteiger partial charge on any atom is 0.337 e. The molecule has 2 aromatic rings. The second kappa shape index (κ2) is 8.84. The van der Waals surface area contributed by atoms with E-state index in [4.69, 9.17) is 35.4 Å². The molecule has 0 aliphatic rings. The number of ether oxygens (including phenoxy) is 2. The number of thiocarbonyl (C=S) groups is 1. The van der Waals surface area contributed by atoms with Gasteiger partial charge in [-0.3, -0.25) is 0 Å². The van der Waals surface area contributed by atoms with E-state index in [0.29, 0.717) is 21.4 Å². The predicted octanol–water partition coefficient (Wildman–Crippen LogP) is 4.38. The molecule has 0 bridgehead atoms. The number of rotatable bonds is 4. The molecule has 9 heteroatoms. The minimum atomic E-state index is -0.599. The second-order valence-corrected chi connectivity index (χ2v) is 6.24. The van der Waals surface area contributed by atoms with Crippen molar-refractivity contribution in [2.75, 3.05) is 24.9 Å².